The lowest BCUT2D eigenvalue weighted by Crippen LogP contribution is -2.26. The predicted octanol–water partition coefficient (Wildman–Crippen LogP) is 1.64. The van der Waals surface area contributed by atoms with Gasteiger partial charge in [0, 0.05) is 6.07 Å². The maximum atomic E-state index is 10.6. The topological polar surface area (TPSA) is 105 Å². The van der Waals surface area contributed by atoms with Gasteiger partial charge in [-0.2, -0.15) is 0 Å². The summed E-state index contributed by atoms with van der Waals surface area (Å²) in [7, 11) is 0. The minimum atomic E-state index is -1.04. The fraction of sp³-hybridized carbons (Fsp3) is 0.250. The smallest absolute Gasteiger partial charge is 0.325 e. The van der Waals surface area contributed by atoms with E-state index in [0.29, 0.717) is 4.47 Å². The third-order valence-corrected chi connectivity index (χ3v) is 2.37. The molecule has 1 rings (SSSR count). The van der Waals surface area contributed by atoms with E-state index >= 15 is 0 Å². The van der Waals surface area contributed by atoms with Crippen LogP contribution >= 0.6 is 15.9 Å². The quantitative estimate of drug-likeness (QED) is 0.645. The molecule has 1 aromatic heterocycles. The van der Waals surface area contributed by atoms with E-state index in [9.17, 15) is 14.9 Å². The second-order valence-electron chi connectivity index (χ2n) is 2.99. The molecule has 16 heavy (non-hydrogen) atoms. The van der Waals surface area contributed by atoms with Crippen LogP contribution in [-0.4, -0.2) is 27.0 Å². The van der Waals surface area contributed by atoms with Gasteiger partial charge in [0.05, 0.1) is 9.40 Å². The second-order valence-corrected chi connectivity index (χ2v) is 3.84. The van der Waals surface area contributed by atoms with Gasteiger partial charge in [0.25, 0.3) is 5.69 Å². The molecule has 0 aliphatic heterocycles. The summed E-state index contributed by atoms with van der Waals surface area (Å²) >= 11 is 3.07. The maximum Gasteiger partial charge on any atom is 0.325 e. The van der Waals surface area contributed by atoms with Crippen molar-refractivity contribution in [1.29, 1.82) is 0 Å². The highest BCUT2D eigenvalue weighted by Crippen LogP contribution is 2.24. The number of hydrogen-bond donors (Lipinski definition) is 2. The van der Waals surface area contributed by atoms with E-state index in [-0.39, 0.29) is 11.5 Å². The van der Waals surface area contributed by atoms with E-state index < -0.39 is 16.9 Å². The monoisotopic (exact) mass is 289 g/mol. The van der Waals surface area contributed by atoms with Crippen LogP contribution in [0.2, 0.25) is 0 Å². The molecular formula is C8H8BrN3O4. The average molecular weight is 290 g/mol. The number of rotatable bonds is 4. The molecule has 0 saturated carbocycles. The molecule has 8 heteroatoms. The fourth-order valence-corrected chi connectivity index (χ4v) is 1.35. The minimum Gasteiger partial charge on any atom is -0.480 e. The van der Waals surface area contributed by atoms with Crippen LogP contribution in [0, 0.1) is 10.1 Å². The van der Waals surface area contributed by atoms with Crippen molar-refractivity contribution < 1.29 is 14.8 Å². The number of carboxylic acids is 1. The van der Waals surface area contributed by atoms with Crippen LogP contribution in [0.15, 0.2) is 16.7 Å². The van der Waals surface area contributed by atoms with Gasteiger partial charge < -0.3 is 10.4 Å². The molecule has 0 spiro atoms. The summed E-state index contributed by atoms with van der Waals surface area (Å²) in [5, 5.41) is 21.7. The van der Waals surface area contributed by atoms with E-state index in [2.05, 4.69) is 26.2 Å². The van der Waals surface area contributed by atoms with Gasteiger partial charge >= 0.3 is 5.97 Å². The Morgan fingerprint density at radius 3 is 2.81 bits per heavy atom. The van der Waals surface area contributed by atoms with Crippen LogP contribution < -0.4 is 5.32 Å². The first kappa shape index (κ1) is 12.4. The molecule has 1 aromatic rings. The van der Waals surface area contributed by atoms with Crippen molar-refractivity contribution in [3.8, 4) is 0 Å². The molecule has 0 bridgehead atoms. The number of aromatic nitrogens is 1. The number of aliphatic carboxylic acids is 1. The molecular weight excluding hydrogens is 282 g/mol. The highest BCUT2D eigenvalue weighted by Gasteiger charge is 2.15. The molecule has 7 nitrogen and oxygen atoms in total. The molecule has 0 aromatic carbocycles. The van der Waals surface area contributed by atoms with E-state index in [0.717, 1.165) is 6.20 Å². The zero-order valence-corrected chi connectivity index (χ0v) is 9.76. The van der Waals surface area contributed by atoms with Gasteiger partial charge in [-0.05, 0) is 22.9 Å². The third-order valence-electron chi connectivity index (χ3n) is 1.76. The van der Waals surface area contributed by atoms with Gasteiger partial charge in [0.2, 0.25) is 0 Å². The lowest BCUT2D eigenvalue weighted by atomic mass is 10.3. The van der Waals surface area contributed by atoms with Crippen LogP contribution in [-0.2, 0) is 4.79 Å². The average Bonchev–Trinajstić information content (AvgIpc) is 2.20. The highest BCUT2D eigenvalue weighted by atomic mass is 79.9. The first-order valence-corrected chi connectivity index (χ1v) is 5.00. The molecule has 1 unspecified atom stereocenters. The van der Waals surface area contributed by atoms with Gasteiger partial charge in [-0.15, -0.1) is 0 Å². The van der Waals surface area contributed by atoms with Gasteiger partial charge in [-0.1, -0.05) is 0 Å². The normalized spacial score (nSPS) is 11.9. The predicted molar refractivity (Wildman–Crippen MR) is 59.3 cm³/mol. The lowest BCUT2D eigenvalue weighted by molar-refractivity contribution is -0.385. The molecule has 0 aliphatic rings. The number of halogens is 1. The Kier molecular flexibility index (Phi) is 3.78. The third kappa shape index (κ3) is 2.89. The van der Waals surface area contributed by atoms with Crippen molar-refractivity contribution in [2.75, 3.05) is 5.32 Å². The van der Waals surface area contributed by atoms with Crippen LogP contribution in [0.25, 0.3) is 0 Å². The summed E-state index contributed by atoms with van der Waals surface area (Å²) in [6.07, 6.45) is 1.06. The molecule has 0 amide bonds. The zero-order valence-electron chi connectivity index (χ0n) is 8.18. The maximum absolute atomic E-state index is 10.6. The summed E-state index contributed by atoms with van der Waals surface area (Å²) in [6, 6.07) is 0.425. The number of carbonyl (C=O) groups is 1. The van der Waals surface area contributed by atoms with E-state index in [1.54, 1.807) is 0 Å². The molecule has 0 aliphatic carbocycles. The van der Waals surface area contributed by atoms with Crippen LogP contribution in [0.3, 0.4) is 0 Å². The van der Waals surface area contributed by atoms with Crippen molar-refractivity contribution in [3.05, 3.63) is 26.9 Å². The SMILES string of the molecule is CC(Nc1ncc([N+](=O)[O-])cc1Br)C(=O)O. The molecule has 1 heterocycles. The van der Waals surface area contributed by atoms with Crippen LogP contribution in [0.4, 0.5) is 11.5 Å². The zero-order chi connectivity index (χ0) is 12.3. The minimum absolute atomic E-state index is 0.166. The van der Waals surface area contributed by atoms with Crippen molar-refractivity contribution >= 4 is 33.4 Å². The van der Waals surface area contributed by atoms with Crippen LogP contribution in [0.1, 0.15) is 6.92 Å². The Labute approximate surface area is 98.8 Å². The first-order chi connectivity index (χ1) is 7.41. The molecule has 0 radical (unpaired) electrons. The van der Waals surface area contributed by atoms with Crippen molar-refractivity contribution in [1.82, 2.24) is 4.98 Å². The number of anilines is 1. The van der Waals surface area contributed by atoms with E-state index in [1.807, 2.05) is 0 Å². The van der Waals surface area contributed by atoms with Gasteiger partial charge in [-0.25, -0.2) is 4.98 Å². The Balaban J connectivity index is 2.91. The summed E-state index contributed by atoms with van der Waals surface area (Å²) in [5.41, 5.74) is -0.166. The molecule has 0 fully saturated rings. The Morgan fingerprint density at radius 1 is 1.75 bits per heavy atom. The van der Waals surface area contributed by atoms with Gasteiger partial charge in [-0.3, -0.25) is 14.9 Å². The number of nitro groups is 1. The van der Waals surface area contributed by atoms with E-state index in [4.69, 9.17) is 5.11 Å². The van der Waals surface area contributed by atoms with Crippen molar-refractivity contribution in [3.63, 3.8) is 0 Å². The van der Waals surface area contributed by atoms with Crippen molar-refractivity contribution in [2.45, 2.75) is 13.0 Å². The fourth-order valence-electron chi connectivity index (χ4n) is 0.901. The van der Waals surface area contributed by atoms with E-state index in [1.165, 1.54) is 13.0 Å². The Bertz CT molecular complexity index is 437. The standard InChI is InChI=1S/C8H8BrN3O4/c1-4(8(13)14)11-7-6(9)2-5(3-10-7)12(15)16/h2-4H,1H3,(H,10,11)(H,13,14). The second kappa shape index (κ2) is 4.88. The summed E-state index contributed by atoms with van der Waals surface area (Å²) in [4.78, 5) is 24.2. The number of carboxylic acid groups (broad SMARTS) is 1. The largest absolute Gasteiger partial charge is 0.480 e. The summed E-state index contributed by atoms with van der Waals surface area (Å²) in [5.74, 6) is -0.785. The lowest BCUT2D eigenvalue weighted by Gasteiger charge is -2.10. The summed E-state index contributed by atoms with van der Waals surface area (Å²) < 4.78 is 0.342. The Morgan fingerprint density at radius 2 is 2.38 bits per heavy atom. The molecule has 2 N–H and O–H groups in total. The Hall–Kier alpha value is -1.70. The van der Waals surface area contributed by atoms with Crippen molar-refractivity contribution in [2.24, 2.45) is 0 Å². The number of pyridine rings is 1. The number of nitrogens with zero attached hydrogens (tertiary/aromatic N) is 2. The number of nitrogens with one attached hydrogen (secondary N) is 1. The molecule has 0 saturated heterocycles. The molecule has 86 valence electrons. The van der Waals surface area contributed by atoms with Gasteiger partial charge in [0.1, 0.15) is 18.1 Å². The highest BCUT2D eigenvalue weighted by molar-refractivity contribution is 9.10. The number of hydrogen-bond acceptors (Lipinski definition) is 5. The van der Waals surface area contributed by atoms with Gasteiger partial charge in [0.15, 0.2) is 0 Å². The van der Waals surface area contributed by atoms with Crippen LogP contribution in [0.5, 0.6) is 0 Å². The first-order valence-electron chi connectivity index (χ1n) is 4.21. The summed E-state index contributed by atoms with van der Waals surface area (Å²) in [6.45, 7) is 1.44. The molecule has 1 atom stereocenters.